The largest absolute Gasteiger partial charge is 0.490 e. The van der Waals surface area contributed by atoms with Crippen LogP contribution in [0.15, 0.2) is 35.2 Å². The number of hydrogen-bond donors (Lipinski definition) is 0. The number of hydrogen-bond acceptors (Lipinski definition) is 5. The Bertz CT molecular complexity index is 608. The average molecular weight is 322 g/mol. The quantitative estimate of drug-likeness (QED) is 0.819. The van der Waals surface area contributed by atoms with Crippen LogP contribution in [0.3, 0.4) is 0 Å². The van der Waals surface area contributed by atoms with Gasteiger partial charge in [-0.2, -0.15) is 0 Å². The predicted molar refractivity (Wildman–Crippen MR) is 83.6 cm³/mol. The lowest BCUT2D eigenvalue weighted by atomic mass is 10.0. The third kappa shape index (κ3) is 3.63. The summed E-state index contributed by atoms with van der Waals surface area (Å²) in [6, 6.07) is 6.21. The van der Waals surface area contributed by atoms with E-state index in [4.69, 9.17) is 9.47 Å². The summed E-state index contributed by atoms with van der Waals surface area (Å²) in [7, 11) is 1.71. The zero-order valence-electron chi connectivity index (χ0n) is 12.5. The van der Waals surface area contributed by atoms with Crippen molar-refractivity contribution in [1.29, 1.82) is 0 Å². The van der Waals surface area contributed by atoms with Gasteiger partial charge in [-0.1, -0.05) is 6.07 Å². The summed E-state index contributed by atoms with van der Waals surface area (Å²) in [4.78, 5) is 6.63. The van der Waals surface area contributed by atoms with Crippen LogP contribution in [0, 0.1) is 5.82 Å². The van der Waals surface area contributed by atoms with Gasteiger partial charge >= 0.3 is 0 Å². The topological polar surface area (TPSA) is 34.6 Å². The van der Waals surface area contributed by atoms with Crippen LogP contribution < -0.4 is 4.74 Å². The van der Waals surface area contributed by atoms with Crippen LogP contribution in [0.25, 0.3) is 0 Å². The van der Waals surface area contributed by atoms with Gasteiger partial charge in [0.25, 0.3) is 0 Å². The van der Waals surface area contributed by atoms with Crippen LogP contribution in [-0.2, 0) is 11.3 Å². The number of thiazole rings is 1. The zero-order chi connectivity index (χ0) is 15.4. The highest BCUT2D eigenvalue weighted by Gasteiger charge is 2.39. The van der Waals surface area contributed by atoms with Gasteiger partial charge in [0.15, 0.2) is 0 Å². The van der Waals surface area contributed by atoms with Gasteiger partial charge < -0.3 is 9.47 Å². The smallest absolute Gasteiger partial charge is 0.126 e. The Morgan fingerprint density at radius 3 is 3.09 bits per heavy atom. The molecule has 1 aliphatic heterocycles. The highest BCUT2D eigenvalue weighted by Crippen LogP contribution is 2.27. The molecule has 1 fully saturated rings. The third-order valence-corrected chi connectivity index (χ3v) is 4.63. The summed E-state index contributed by atoms with van der Waals surface area (Å²) in [6.07, 6.45) is 0.892. The molecule has 118 valence electrons. The Labute approximate surface area is 133 Å². The van der Waals surface area contributed by atoms with E-state index in [2.05, 4.69) is 15.3 Å². The molecule has 1 atom stereocenters. The van der Waals surface area contributed by atoms with E-state index in [1.54, 1.807) is 30.6 Å². The average Bonchev–Trinajstić information content (AvgIpc) is 3.16. The van der Waals surface area contributed by atoms with E-state index in [1.165, 1.54) is 12.1 Å². The summed E-state index contributed by atoms with van der Waals surface area (Å²) >= 11 is 1.61. The molecule has 1 unspecified atom stereocenters. The van der Waals surface area contributed by atoms with Crippen molar-refractivity contribution in [3.63, 3.8) is 0 Å². The summed E-state index contributed by atoms with van der Waals surface area (Å²) in [6.45, 7) is 2.98. The molecule has 22 heavy (non-hydrogen) atoms. The lowest BCUT2D eigenvalue weighted by molar-refractivity contribution is -0.0360. The van der Waals surface area contributed by atoms with Gasteiger partial charge in [-0.25, -0.2) is 9.37 Å². The van der Waals surface area contributed by atoms with Gasteiger partial charge in [-0.3, -0.25) is 4.90 Å². The van der Waals surface area contributed by atoms with Gasteiger partial charge in [0.05, 0.1) is 11.2 Å². The number of halogens is 1. The van der Waals surface area contributed by atoms with Gasteiger partial charge in [0.1, 0.15) is 23.8 Å². The Balaban J connectivity index is 1.58. The van der Waals surface area contributed by atoms with Gasteiger partial charge in [-0.15, -0.1) is 11.3 Å². The van der Waals surface area contributed by atoms with Crippen molar-refractivity contribution in [2.24, 2.45) is 0 Å². The first-order valence-electron chi connectivity index (χ1n) is 7.22. The monoisotopic (exact) mass is 322 g/mol. The maximum atomic E-state index is 13.2. The number of aromatic nitrogens is 1. The standard InChI is InChI=1S/C16H19FN2O2S/c1-20-16(11-21-15-4-2-3-13(17)7-15)5-6-19(10-16)8-14-9-22-12-18-14/h2-4,7,9,12H,5-6,8,10-11H2,1H3. The van der Waals surface area contributed by atoms with E-state index in [1.807, 2.05) is 5.51 Å². The number of ether oxygens (including phenoxy) is 2. The fraction of sp³-hybridized carbons (Fsp3) is 0.438. The predicted octanol–water partition coefficient (Wildman–Crippen LogP) is 2.95. The van der Waals surface area contributed by atoms with Crippen LogP contribution in [-0.4, -0.2) is 42.3 Å². The maximum absolute atomic E-state index is 13.2. The normalized spacial score (nSPS) is 22.1. The number of rotatable bonds is 6. The third-order valence-electron chi connectivity index (χ3n) is 4.00. The minimum absolute atomic E-state index is 0.291. The molecule has 2 heterocycles. The Morgan fingerprint density at radius 1 is 1.45 bits per heavy atom. The molecule has 1 aromatic heterocycles. The molecule has 0 radical (unpaired) electrons. The second kappa shape index (κ2) is 6.73. The van der Waals surface area contributed by atoms with E-state index in [9.17, 15) is 4.39 Å². The van der Waals surface area contributed by atoms with Crippen LogP contribution in [0.1, 0.15) is 12.1 Å². The number of likely N-dealkylation sites (tertiary alicyclic amines) is 1. The summed E-state index contributed by atoms with van der Waals surface area (Å²) in [5.74, 6) is 0.245. The molecule has 0 N–H and O–H groups in total. The fourth-order valence-corrected chi connectivity index (χ4v) is 3.27. The van der Waals surface area contributed by atoms with Crippen molar-refractivity contribution in [1.82, 2.24) is 9.88 Å². The molecular formula is C16H19FN2O2S. The highest BCUT2D eigenvalue weighted by atomic mass is 32.1. The Kier molecular flexibility index (Phi) is 4.71. The molecule has 1 saturated heterocycles. The van der Waals surface area contributed by atoms with E-state index in [0.717, 1.165) is 31.7 Å². The fourth-order valence-electron chi connectivity index (χ4n) is 2.72. The van der Waals surface area contributed by atoms with Crippen LogP contribution in [0.4, 0.5) is 4.39 Å². The molecule has 1 aromatic carbocycles. The molecule has 6 heteroatoms. The summed E-state index contributed by atoms with van der Waals surface area (Å²) < 4.78 is 24.7. The highest BCUT2D eigenvalue weighted by molar-refractivity contribution is 7.07. The Morgan fingerprint density at radius 2 is 2.36 bits per heavy atom. The Hall–Kier alpha value is -1.50. The molecule has 0 amide bonds. The molecular weight excluding hydrogens is 303 g/mol. The first kappa shape index (κ1) is 15.4. The van der Waals surface area contributed by atoms with Crippen molar-refractivity contribution in [3.8, 4) is 5.75 Å². The number of benzene rings is 1. The molecule has 0 bridgehead atoms. The zero-order valence-corrected chi connectivity index (χ0v) is 13.3. The lowest BCUT2D eigenvalue weighted by Gasteiger charge is -2.28. The van der Waals surface area contributed by atoms with Crippen molar-refractivity contribution >= 4 is 11.3 Å². The van der Waals surface area contributed by atoms with Crippen molar-refractivity contribution in [2.45, 2.75) is 18.6 Å². The second-order valence-electron chi connectivity index (χ2n) is 5.57. The van der Waals surface area contributed by atoms with Crippen LogP contribution >= 0.6 is 11.3 Å². The number of nitrogens with zero attached hydrogens (tertiary/aromatic N) is 2. The molecule has 3 rings (SSSR count). The molecule has 0 aliphatic carbocycles. The molecule has 1 aliphatic rings. The van der Waals surface area contributed by atoms with E-state index in [0.29, 0.717) is 12.4 Å². The number of methoxy groups -OCH3 is 1. The van der Waals surface area contributed by atoms with Gasteiger partial charge in [-0.05, 0) is 18.6 Å². The van der Waals surface area contributed by atoms with Gasteiger partial charge in [0.2, 0.25) is 0 Å². The van der Waals surface area contributed by atoms with Crippen LogP contribution in [0.5, 0.6) is 5.75 Å². The SMILES string of the molecule is COC1(COc2cccc(F)c2)CCN(Cc2cscn2)C1. The minimum Gasteiger partial charge on any atom is -0.490 e. The first-order chi connectivity index (χ1) is 10.7. The summed E-state index contributed by atoms with van der Waals surface area (Å²) in [5.41, 5.74) is 2.59. The van der Waals surface area contributed by atoms with Crippen LogP contribution in [0.2, 0.25) is 0 Å². The van der Waals surface area contributed by atoms with Gasteiger partial charge in [0, 0.05) is 38.2 Å². The lowest BCUT2D eigenvalue weighted by Crippen LogP contribution is -2.41. The summed E-state index contributed by atoms with van der Waals surface area (Å²) in [5, 5.41) is 2.07. The van der Waals surface area contributed by atoms with E-state index < -0.39 is 0 Å². The molecule has 0 saturated carbocycles. The minimum atomic E-state index is -0.345. The van der Waals surface area contributed by atoms with Crippen molar-refractivity contribution in [2.75, 3.05) is 26.8 Å². The maximum Gasteiger partial charge on any atom is 0.126 e. The molecule has 0 spiro atoms. The van der Waals surface area contributed by atoms with E-state index in [-0.39, 0.29) is 11.4 Å². The second-order valence-corrected chi connectivity index (χ2v) is 6.29. The molecule has 4 nitrogen and oxygen atoms in total. The van der Waals surface area contributed by atoms with E-state index >= 15 is 0 Å². The van der Waals surface area contributed by atoms with Crippen molar-refractivity contribution < 1.29 is 13.9 Å². The first-order valence-corrected chi connectivity index (χ1v) is 8.16. The van der Waals surface area contributed by atoms with Crippen molar-refractivity contribution in [3.05, 3.63) is 46.7 Å². The molecule has 2 aromatic rings.